The van der Waals surface area contributed by atoms with Crippen LogP contribution in [0.1, 0.15) is 105 Å². The molecule has 16 atom stereocenters. The van der Waals surface area contributed by atoms with E-state index in [2.05, 4.69) is 11.1 Å². The molecule has 3 fully saturated rings. The second-order valence-corrected chi connectivity index (χ2v) is 20.1. The summed E-state index contributed by atoms with van der Waals surface area (Å²) in [6.07, 6.45) is -5.52. The number of carbonyl (C=O) groups excluding carboxylic acids is 4. The maximum Gasteiger partial charge on any atom is 0.314 e. The van der Waals surface area contributed by atoms with Gasteiger partial charge in [0.2, 0.25) is 0 Å². The minimum atomic E-state index is -1.54. The molecule has 394 valence electrons. The van der Waals surface area contributed by atoms with Gasteiger partial charge in [0.05, 0.1) is 54.6 Å². The number of nitrogens with zero attached hydrogens (tertiary/aromatic N) is 3. The fourth-order valence-corrected chi connectivity index (χ4v) is 10.5. The molecule has 0 amide bonds. The SMILES string of the molecule is CCOC(=O)[C@H]1[C@H](C)O[C@@H](O[C@H]2[C@H](N(C)C)[C@@H](O)[C@H](O[C@H]3[C@@H](CC=O)C[C@@H](C)[C@@H](O)CN(C)CCC[C@H](CCCc4cnc5ccccc5c4)OC(=O)C[C@@H](OC(=O)CC)[C@@H]3OC)O[C@@H]2C)C[C@@]1(C)O. The van der Waals surface area contributed by atoms with E-state index in [0.717, 1.165) is 29.2 Å². The molecule has 18 nitrogen and oxygen atoms in total. The van der Waals surface area contributed by atoms with Gasteiger partial charge in [0.25, 0.3) is 0 Å². The Kier molecular flexibility index (Phi) is 21.9. The lowest BCUT2D eigenvalue weighted by Gasteiger charge is -2.50. The molecule has 70 heavy (non-hydrogen) atoms. The number of ether oxygens (including phenoxy) is 8. The lowest BCUT2D eigenvalue weighted by Crippen LogP contribution is -2.65. The molecule has 3 aliphatic heterocycles. The second kappa shape index (κ2) is 26.8. The Balaban J connectivity index is 1.43. The van der Waals surface area contributed by atoms with Crippen LogP contribution in [0.2, 0.25) is 0 Å². The van der Waals surface area contributed by atoms with E-state index in [1.54, 1.807) is 46.7 Å². The normalized spacial score (nSPS) is 35.5. The van der Waals surface area contributed by atoms with E-state index in [1.165, 1.54) is 14.0 Å². The molecule has 3 saturated heterocycles. The molecule has 1 aromatic carbocycles. The summed E-state index contributed by atoms with van der Waals surface area (Å²) < 4.78 is 49.6. The zero-order valence-corrected chi connectivity index (χ0v) is 43.0. The molecule has 3 N–H and O–H groups in total. The molecule has 0 aliphatic carbocycles. The summed E-state index contributed by atoms with van der Waals surface area (Å²) >= 11 is 0. The number of esters is 3. The van der Waals surface area contributed by atoms with Crippen molar-refractivity contribution in [3.05, 3.63) is 42.1 Å². The van der Waals surface area contributed by atoms with Gasteiger partial charge in [-0.1, -0.05) is 32.0 Å². The number of aryl methyl sites for hydroxylation is 1. The van der Waals surface area contributed by atoms with Gasteiger partial charge < -0.3 is 67.8 Å². The van der Waals surface area contributed by atoms with Crippen molar-refractivity contribution in [2.45, 2.75) is 185 Å². The van der Waals surface area contributed by atoms with Gasteiger partial charge in [0.1, 0.15) is 42.7 Å². The predicted octanol–water partition coefficient (Wildman–Crippen LogP) is 4.39. The van der Waals surface area contributed by atoms with Crippen molar-refractivity contribution in [2.75, 3.05) is 47.9 Å². The maximum atomic E-state index is 14.2. The molecule has 0 bridgehead atoms. The molecular formula is C52H81N3O15. The number of methoxy groups -OCH3 is 1. The number of hydrogen-bond donors (Lipinski definition) is 3. The minimum absolute atomic E-state index is 0.00939. The fraction of sp³-hybridized carbons (Fsp3) is 0.750. The number of rotatable bonds is 16. The van der Waals surface area contributed by atoms with Crippen LogP contribution in [0.5, 0.6) is 0 Å². The van der Waals surface area contributed by atoms with Crippen molar-refractivity contribution in [3.63, 3.8) is 0 Å². The largest absolute Gasteiger partial charge is 0.466 e. The van der Waals surface area contributed by atoms with E-state index in [4.69, 9.17) is 37.9 Å². The molecule has 1 aromatic heterocycles. The molecule has 0 unspecified atom stereocenters. The van der Waals surface area contributed by atoms with Crippen molar-refractivity contribution >= 4 is 35.1 Å². The number of cyclic esters (lactones) is 1. The first kappa shape index (κ1) is 57.2. The van der Waals surface area contributed by atoms with Crippen LogP contribution in [-0.4, -0.2) is 181 Å². The maximum absolute atomic E-state index is 14.2. The Morgan fingerprint density at radius 1 is 1.04 bits per heavy atom. The van der Waals surface area contributed by atoms with Crippen molar-refractivity contribution in [1.29, 1.82) is 0 Å². The summed E-state index contributed by atoms with van der Waals surface area (Å²) in [4.78, 5) is 61.2. The number of aliphatic hydroxyl groups excluding tert-OH is 2. The standard InChI is InChI=1S/C52H81N3O15/c1-11-41(58)68-40-27-42(59)67-37(19-15-17-34-26-35-18-13-14-21-38(35)53-29-34)20-16-23-55(9)30-39(57)31(3)25-36(22-24-56)48(49(40)63-10)70-51-46(60)45(54(7)8)47(33(5)66-51)69-43-28-52(6,62)44(32(4)65-43)50(61)64-12-2/h13-14,18,21,24,26,29,31-33,36-37,39-40,43-49,51,57,60,62H,11-12,15-17,19-20,22-23,25,27-28,30H2,1-10H3/t31-,32+,33-,36+,37+,39+,40-,43+,44-,45-,46-,47-,48+,49+,51+,52-/m1/s1. The summed E-state index contributed by atoms with van der Waals surface area (Å²) in [5.41, 5.74) is 0.443. The molecule has 3 aliphatic rings. The number of fused-ring (bicyclic) bond motifs is 1. The average molecular weight is 988 g/mol. The van der Waals surface area contributed by atoms with E-state index in [0.29, 0.717) is 38.8 Å². The van der Waals surface area contributed by atoms with Gasteiger partial charge in [-0.15, -0.1) is 0 Å². The summed E-state index contributed by atoms with van der Waals surface area (Å²) in [5, 5.41) is 36.4. The number of likely N-dealkylation sites (N-methyl/N-ethyl adjacent to an activating group) is 2. The van der Waals surface area contributed by atoms with Gasteiger partial charge in [0.15, 0.2) is 12.6 Å². The summed E-state index contributed by atoms with van der Waals surface area (Å²) in [7, 11) is 6.85. The summed E-state index contributed by atoms with van der Waals surface area (Å²) in [5.74, 6) is -3.82. The van der Waals surface area contributed by atoms with Gasteiger partial charge >= 0.3 is 17.9 Å². The zero-order valence-electron chi connectivity index (χ0n) is 43.0. The Morgan fingerprint density at radius 2 is 1.79 bits per heavy atom. The summed E-state index contributed by atoms with van der Waals surface area (Å²) in [6, 6.07) is 9.25. The zero-order chi connectivity index (χ0) is 51.3. The Labute approximate surface area is 413 Å². The van der Waals surface area contributed by atoms with Gasteiger partial charge in [0, 0.05) is 44.5 Å². The Bertz CT molecular complexity index is 1970. The van der Waals surface area contributed by atoms with Crippen molar-refractivity contribution in [1.82, 2.24) is 14.8 Å². The van der Waals surface area contributed by atoms with Crippen LogP contribution in [0.15, 0.2) is 36.5 Å². The highest BCUT2D eigenvalue weighted by Crippen LogP contribution is 2.39. The Morgan fingerprint density at radius 3 is 2.46 bits per heavy atom. The molecule has 0 spiro atoms. The second-order valence-electron chi connectivity index (χ2n) is 20.1. The first-order valence-corrected chi connectivity index (χ1v) is 25.2. The number of aromatic nitrogens is 1. The van der Waals surface area contributed by atoms with Crippen LogP contribution in [0, 0.1) is 17.8 Å². The number of para-hydroxylation sites is 1. The van der Waals surface area contributed by atoms with Crippen molar-refractivity contribution < 1.29 is 72.4 Å². The van der Waals surface area contributed by atoms with Crippen LogP contribution < -0.4 is 0 Å². The number of pyridine rings is 1. The number of β-amino-alcohol motifs (C(OH)–C–C–N with tert-alkyl or cyclic N) is 1. The molecule has 2 aromatic rings. The molecule has 5 rings (SSSR count). The van der Waals surface area contributed by atoms with Crippen LogP contribution in [0.3, 0.4) is 0 Å². The van der Waals surface area contributed by atoms with Gasteiger partial charge in [-0.05, 0) is 123 Å². The highest BCUT2D eigenvalue weighted by Gasteiger charge is 2.54. The van der Waals surface area contributed by atoms with Crippen LogP contribution in [0.4, 0.5) is 0 Å². The number of benzene rings is 1. The first-order valence-electron chi connectivity index (χ1n) is 25.2. The average Bonchev–Trinajstić information content (AvgIpc) is 3.29. The predicted molar refractivity (Wildman–Crippen MR) is 258 cm³/mol. The minimum Gasteiger partial charge on any atom is -0.466 e. The van der Waals surface area contributed by atoms with E-state index in [1.807, 2.05) is 49.3 Å². The van der Waals surface area contributed by atoms with Gasteiger partial charge in [-0.25, -0.2) is 0 Å². The van der Waals surface area contributed by atoms with E-state index >= 15 is 0 Å². The highest BCUT2D eigenvalue weighted by molar-refractivity contribution is 5.78. The topological polar surface area (TPSA) is 222 Å². The quantitative estimate of drug-likeness (QED) is 0.121. The van der Waals surface area contributed by atoms with Gasteiger partial charge in [-0.2, -0.15) is 0 Å². The van der Waals surface area contributed by atoms with Crippen LogP contribution in [0.25, 0.3) is 10.9 Å². The fourth-order valence-electron chi connectivity index (χ4n) is 10.5. The number of carbonyl (C=O) groups is 4. The van der Waals surface area contributed by atoms with Gasteiger partial charge in [-0.3, -0.25) is 19.4 Å². The molecular weight excluding hydrogens is 907 g/mol. The number of aliphatic hydroxyl groups is 3. The lowest BCUT2D eigenvalue weighted by atomic mass is 9.80. The number of hydrogen-bond acceptors (Lipinski definition) is 18. The van der Waals surface area contributed by atoms with E-state index in [9.17, 15) is 34.5 Å². The highest BCUT2D eigenvalue weighted by atomic mass is 16.7. The third-order valence-electron chi connectivity index (χ3n) is 14.2. The first-order chi connectivity index (χ1) is 33.3. The third kappa shape index (κ3) is 15.4. The molecule has 0 radical (unpaired) electrons. The third-order valence-corrected chi connectivity index (χ3v) is 14.2. The number of aldehydes is 1. The lowest BCUT2D eigenvalue weighted by molar-refractivity contribution is -0.340. The van der Waals surface area contributed by atoms with Crippen molar-refractivity contribution in [2.24, 2.45) is 17.8 Å². The summed E-state index contributed by atoms with van der Waals surface area (Å²) in [6.45, 7) is 11.3. The van der Waals surface area contributed by atoms with E-state index in [-0.39, 0.29) is 38.2 Å². The smallest absolute Gasteiger partial charge is 0.314 e. The van der Waals surface area contributed by atoms with Crippen LogP contribution >= 0.6 is 0 Å². The Hall–Kier alpha value is -3.69. The molecule has 0 saturated carbocycles. The van der Waals surface area contributed by atoms with Crippen molar-refractivity contribution in [3.8, 4) is 0 Å². The monoisotopic (exact) mass is 988 g/mol. The van der Waals surface area contributed by atoms with Crippen LogP contribution in [-0.2, 0) is 63.5 Å². The molecule has 4 heterocycles. The van der Waals surface area contributed by atoms with E-state index < -0.39 is 115 Å². The molecule has 18 heteroatoms.